The predicted octanol–water partition coefficient (Wildman–Crippen LogP) is 6.07. The monoisotopic (exact) mass is 437 g/mol. The lowest BCUT2D eigenvalue weighted by Crippen LogP contribution is -2.33. The summed E-state index contributed by atoms with van der Waals surface area (Å²) >= 11 is 3.47. The van der Waals surface area contributed by atoms with Crippen LogP contribution in [0.5, 0.6) is 0 Å². The molecule has 1 N–H and O–H groups in total. The molecule has 3 nitrogen and oxygen atoms in total. The van der Waals surface area contributed by atoms with Crippen molar-refractivity contribution in [1.82, 2.24) is 14.9 Å². The van der Waals surface area contributed by atoms with Gasteiger partial charge in [-0.25, -0.2) is 4.98 Å². The molecule has 4 rings (SSSR count). The van der Waals surface area contributed by atoms with E-state index >= 15 is 0 Å². The molecule has 1 saturated heterocycles. The van der Waals surface area contributed by atoms with Crippen molar-refractivity contribution in [3.8, 4) is 0 Å². The number of halogens is 4. The summed E-state index contributed by atoms with van der Waals surface area (Å²) in [4.78, 5) is 10.4. The van der Waals surface area contributed by atoms with Crippen LogP contribution in [0.1, 0.15) is 42.3 Å². The van der Waals surface area contributed by atoms with Crippen molar-refractivity contribution >= 4 is 27.0 Å². The van der Waals surface area contributed by atoms with E-state index in [9.17, 15) is 13.2 Å². The van der Waals surface area contributed by atoms with Crippen LogP contribution in [-0.4, -0.2) is 21.4 Å². The summed E-state index contributed by atoms with van der Waals surface area (Å²) in [6.07, 6.45) is -1.24. The molecule has 142 valence electrons. The normalized spacial score (nSPS) is 18.9. The van der Waals surface area contributed by atoms with Crippen molar-refractivity contribution in [2.75, 3.05) is 6.54 Å². The Morgan fingerprint density at radius 3 is 2.81 bits per heavy atom. The molecule has 1 atom stereocenters. The summed E-state index contributed by atoms with van der Waals surface area (Å²) < 4.78 is 40.0. The number of aromatic nitrogens is 2. The molecule has 1 aliphatic heterocycles. The van der Waals surface area contributed by atoms with Crippen molar-refractivity contribution in [2.45, 2.75) is 38.0 Å². The highest BCUT2D eigenvalue weighted by atomic mass is 79.9. The van der Waals surface area contributed by atoms with Gasteiger partial charge in [-0.3, -0.25) is 4.90 Å². The van der Waals surface area contributed by atoms with E-state index in [1.807, 2.05) is 18.2 Å². The second kappa shape index (κ2) is 7.28. The van der Waals surface area contributed by atoms with Gasteiger partial charge in [-0.2, -0.15) is 13.2 Å². The number of rotatable bonds is 3. The van der Waals surface area contributed by atoms with Gasteiger partial charge in [0.2, 0.25) is 0 Å². The lowest BCUT2D eigenvalue weighted by atomic mass is 10.00. The van der Waals surface area contributed by atoms with Crippen LogP contribution >= 0.6 is 15.9 Å². The van der Waals surface area contributed by atoms with Gasteiger partial charge >= 0.3 is 6.18 Å². The third kappa shape index (κ3) is 4.04. The third-order valence-electron chi connectivity index (χ3n) is 5.03. The second-order valence-electron chi connectivity index (χ2n) is 6.96. The third-order valence-corrected chi connectivity index (χ3v) is 5.52. The molecular weight excluding hydrogens is 419 g/mol. The number of nitrogens with zero attached hydrogens (tertiary/aromatic N) is 2. The van der Waals surface area contributed by atoms with E-state index in [1.54, 1.807) is 6.07 Å². The number of nitrogens with one attached hydrogen (secondary N) is 1. The first-order valence-electron chi connectivity index (χ1n) is 8.95. The summed E-state index contributed by atoms with van der Waals surface area (Å²) in [6, 6.07) is 11.6. The SMILES string of the molecule is FC(F)(F)c1cccc(CN2CCCCC2c2nc3ccc(Br)cc3[nH]2)c1. The van der Waals surface area contributed by atoms with Crippen LogP contribution in [0.2, 0.25) is 0 Å². The molecule has 0 saturated carbocycles. The minimum absolute atomic E-state index is 0.0828. The van der Waals surface area contributed by atoms with E-state index in [0.717, 1.165) is 53.2 Å². The predicted molar refractivity (Wildman–Crippen MR) is 102 cm³/mol. The first kappa shape index (κ1) is 18.5. The fourth-order valence-corrected chi connectivity index (χ4v) is 4.09. The molecule has 0 radical (unpaired) electrons. The molecule has 0 bridgehead atoms. The number of benzene rings is 2. The molecule has 0 amide bonds. The fraction of sp³-hybridized carbons (Fsp3) is 0.350. The van der Waals surface area contributed by atoms with E-state index in [4.69, 9.17) is 4.98 Å². The Labute approximate surface area is 163 Å². The molecule has 2 heterocycles. The number of fused-ring (bicyclic) bond motifs is 1. The Kier molecular flexibility index (Phi) is 4.99. The van der Waals surface area contributed by atoms with Gasteiger partial charge in [0.15, 0.2) is 0 Å². The van der Waals surface area contributed by atoms with Crippen molar-refractivity contribution in [2.24, 2.45) is 0 Å². The summed E-state index contributed by atoms with van der Waals surface area (Å²) in [6.45, 7) is 1.33. The standard InChI is InChI=1S/C20H19BrF3N3/c21-15-7-8-16-17(11-15)26-19(25-16)18-6-1-2-9-27(18)12-13-4-3-5-14(10-13)20(22,23)24/h3-5,7-8,10-11,18H,1-2,6,9,12H2,(H,25,26). The zero-order valence-electron chi connectivity index (χ0n) is 14.6. The topological polar surface area (TPSA) is 31.9 Å². The minimum Gasteiger partial charge on any atom is -0.341 e. The summed E-state index contributed by atoms with van der Waals surface area (Å²) in [7, 11) is 0. The number of alkyl halides is 3. The van der Waals surface area contributed by atoms with Crippen LogP contribution in [0.3, 0.4) is 0 Å². The number of H-pyrrole nitrogens is 1. The van der Waals surface area contributed by atoms with Crippen LogP contribution in [0.4, 0.5) is 13.2 Å². The number of piperidine rings is 1. The van der Waals surface area contributed by atoms with Crippen molar-refractivity contribution in [3.05, 3.63) is 63.9 Å². The highest BCUT2D eigenvalue weighted by Gasteiger charge is 2.31. The lowest BCUT2D eigenvalue weighted by molar-refractivity contribution is -0.137. The molecule has 0 spiro atoms. The van der Waals surface area contributed by atoms with Gasteiger partial charge in [0, 0.05) is 11.0 Å². The maximum Gasteiger partial charge on any atom is 0.416 e. The van der Waals surface area contributed by atoms with Gasteiger partial charge in [0.25, 0.3) is 0 Å². The van der Waals surface area contributed by atoms with Crippen LogP contribution in [0.25, 0.3) is 11.0 Å². The lowest BCUT2D eigenvalue weighted by Gasteiger charge is -2.34. The minimum atomic E-state index is -4.32. The van der Waals surface area contributed by atoms with Gasteiger partial charge in [0.1, 0.15) is 5.82 Å². The summed E-state index contributed by atoms with van der Waals surface area (Å²) in [5.74, 6) is 0.884. The van der Waals surface area contributed by atoms with Crippen LogP contribution < -0.4 is 0 Å². The molecule has 3 aromatic rings. The number of imidazole rings is 1. The largest absolute Gasteiger partial charge is 0.416 e. The Bertz CT molecular complexity index is 951. The van der Waals surface area contributed by atoms with E-state index in [0.29, 0.717) is 12.1 Å². The Morgan fingerprint density at radius 2 is 2.00 bits per heavy atom. The second-order valence-corrected chi connectivity index (χ2v) is 7.88. The van der Waals surface area contributed by atoms with E-state index < -0.39 is 11.7 Å². The highest BCUT2D eigenvalue weighted by Crippen LogP contribution is 2.34. The van der Waals surface area contributed by atoms with Gasteiger partial charge in [-0.15, -0.1) is 0 Å². The molecule has 7 heteroatoms. The Balaban J connectivity index is 1.60. The fourth-order valence-electron chi connectivity index (χ4n) is 3.73. The Morgan fingerprint density at radius 1 is 1.15 bits per heavy atom. The van der Waals surface area contributed by atoms with E-state index in [2.05, 4.69) is 25.8 Å². The highest BCUT2D eigenvalue weighted by molar-refractivity contribution is 9.10. The summed E-state index contributed by atoms with van der Waals surface area (Å²) in [5, 5.41) is 0. The number of aromatic amines is 1. The van der Waals surface area contributed by atoms with E-state index in [1.165, 1.54) is 12.1 Å². The van der Waals surface area contributed by atoms with Gasteiger partial charge < -0.3 is 4.98 Å². The zero-order chi connectivity index (χ0) is 19.0. The van der Waals surface area contributed by atoms with Crippen molar-refractivity contribution in [1.29, 1.82) is 0 Å². The number of likely N-dealkylation sites (tertiary alicyclic amines) is 1. The average molecular weight is 438 g/mol. The Hall–Kier alpha value is -1.86. The van der Waals surface area contributed by atoms with Crippen molar-refractivity contribution in [3.63, 3.8) is 0 Å². The first-order chi connectivity index (χ1) is 12.9. The van der Waals surface area contributed by atoms with Gasteiger partial charge in [0.05, 0.1) is 22.6 Å². The maximum absolute atomic E-state index is 13.0. The molecule has 0 aliphatic carbocycles. The molecule has 27 heavy (non-hydrogen) atoms. The molecular formula is C20H19BrF3N3. The molecule has 1 fully saturated rings. The van der Waals surface area contributed by atoms with Crippen LogP contribution in [-0.2, 0) is 12.7 Å². The van der Waals surface area contributed by atoms with Gasteiger partial charge in [-0.1, -0.05) is 40.5 Å². The smallest absolute Gasteiger partial charge is 0.341 e. The molecule has 1 aliphatic rings. The van der Waals surface area contributed by atoms with Crippen molar-refractivity contribution < 1.29 is 13.2 Å². The van der Waals surface area contributed by atoms with Gasteiger partial charge in [-0.05, 0) is 49.2 Å². The zero-order valence-corrected chi connectivity index (χ0v) is 16.1. The van der Waals surface area contributed by atoms with E-state index in [-0.39, 0.29) is 6.04 Å². The maximum atomic E-state index is 13.0. The van der Waals surface area contributed by atoms with Crippen LogP contribution in [0.15, 0.2) is 46.9 Å². The first-order valence-corrected chi connectivity index (χ1v) is 9.75. The quantitative estimate of drug-likeness (QED) is 0.538. The van der Waals surface area contributed by atoms with Crippen LogP contribution in [0, 0.1) is 0 Å². The number of hydrogen-bond acceptors (Lipinski definition) is 2. The molecule has 1 aromatic heterocycles. The number of hydrogen-bond donors (Lipinski definition) is 1. The summed E-state index contributed by atoms with van der Waals surface area (Å²) in [5.41, 5.74) is 1.94. The molecule has 2 aromatic carbocycles. The molecule has 1 unspecified atom stereocenters. The average Bonchev–Trinajstić information content (AvgIpc) is 3.04.